The third kappa shape index (κ3) is 1.94. The number of hydrogen-bond acceptors (Lipinski definition) is 5. The molecule has 7 heteroatoms. The van der Waals surface area contributed by atoms with Crippen molar-refractivity contribution in [2.24, 2.45) is 0 Å². The monoisotopic (exact) mass is 257 g/mol. The van der Waals surface area contributed by atoms with Crippen molar-refractivity contribution in [3.8, 4) is 5.13 Å². The molecule has 2 aromatic rings. The minimum atomic E-state index is -0.525. The molecular weight excluding hydrogens is 250 g/mol. The lowest BCUT2D eigenvalue weighted by Gasteiger charge is -1.99. The number of nitrogens with zero attached hydrogens (tertiary/aromatic N) is 3. The lowest BCUT2D eigenvalue weighted by atomic mass is 10.5. The molecular formula is C9H8ClN3O2S. The first-order valence-electron chi connectivity index (χ1n) is 4.54. The first-order valence-corrected chi connectivity index (χ1v) is 5.79. The van der Waals surface area contributed by atoms with Crippen LogP contribution in [0.5, 0.6) is 0 Å². The smallest absolute Gasteiger partial charge is 0.360 e. The molecule has 2 heterocycles. The van der Waals surface area contributed by atoms with E-state index in [-0.39, 0.29) is 10.8 Å². The minimum Gasteiger partial charge on any atom is -0.461 e. The van der Waals surface area contributed by atoms with Gasteiger partial charge in [0.05, 0.1) is 6.61 Å². The maximum Gasteiger partial charge on any atom is 0.360 e. The number of imidazole rings is 1. The van der Waals surface area contributed by atoms with Crippen LogP contribution in [-0.2, 0) is 4.74 Å². The van der Waals surface area contributed by atoms with E-state index < -0.39 is 5.97 Å². The Bertz CT molecular complexity index is 495. The summed E-state index contributed by atoms with van der Waals surface area (Å²) in [6.07, 6.45) is 3.10. The van der Waals surface area contributed by atoms with Crippen LogP contribution in [0.1, 0.15) is 17.4 Å². The highest BCUT2D eigenvalue weighted by Crippen LogP contribution is 2.21. The number of carbonyl (C=O) groups is 1. The molecule has 0 amide bonds. The van der Waals surface area contributed by atoms with Crippen molar-refractivity contribution in [3.63, 3.8) is 0 Å². The number of halogens is 1. The van der Waals surface area contributed by atoms with Crippen LogP contribution in [0.3, 0.4) is 0 Å². The second kappa shape index (κ2) is 4.63. The molecule has 0 bridgehead atoms. The highest BCUT2D eigenvalue weighted by atomic mass is 35.5. The molecule has 0 atom stereocenters. The molecule has 2 aromatic heterocycles. The van der Waals surface area contributed by atoms with Crippen molar-refractivity contribution < 1.29 is 9.53 Å². The Hall–Kier alpha value is -1.40. The van der Waals surface area contributed by atoms with Crippen LogP contribution in [0.15, 0.2) is 17.9 Å². The van der Waals surface area contributed by atoms with Gasteiger partial charge in [-0.2, -0.15) is 0 Å². The summed E-state index contributed by atoms with van der Waals surface area (Å²) in [6.45, 7) is 2.02. The van der Waals surface area contributed by atoms with E-state index in [9.17, 15) is 4.79 Å². The number of carbonyl (C=O) groups excluding carboxylic acids is 1. The predicted octanol–water partition coefficient (Wildman–Crippen LogP) is 2.16. The third-order valence-corrected chi connectivity index (χ3v) is 2.94. The van der Waals surface area contributed by atoms with Crippen molar-refractivity contribution in [1.29, 1.82) is 0 Å². The van der Waals surface area contributed by atoms with Gasteiger partial charge in [-0.1, -0.05) is 11.6 Å². The van der Waals surface area contributed by atoms with E-state index in [1.54, 1.807) is 17.7 Å². The van der Waals surface area contributed by atoms with Gasteiger partial charge in [0, 0.05) is 11.6 Å². The van der Waals surface area contributed by atoms with E-state index >= 15 is 0 Å². The second-order valence-electron chi connectivity index (χ2n) is 2.79. The van der Waals surface area contributed by atoms with Crippen LogP contribution in [0.4, 0.5) is 0 Å². The fourth-order valence-corrected chi connectivity index (χ4v) is 2.06. The first kappa shape index (κ1) is 11.1. The fourth-order valence-electron chi connectivity index (χ4n) is 1.14. The van der Waals surface area contributed by atoms with Gasteiger partial charge in [-0.05, 0) is 6.92 Å². The Morgan fingerprint density at radius 3 is 3.06 bits per heavy atom. The van der Waals surface area contributed by atoms with Crippen LogP contribution in [0.25, 0.3) is 5.13 Å². The summed E-state index contributed by atoms with van der Waals surface area (Å²) < 4.78 is 6.36. The molecule has 0 aliphatic carbocycles. The zero-order valence-corrected chi connectivity index (χ0v) is 9.96. The molecule has 5 nitrogen and oxygen atoms in total. The Labute approximate surface area is 101 Å². The summed E-state index contributed by atoms with van der Waals surface area (Å²) >= 11 is 7.42. The molecule has 0 saturated heterocycles. The van der Waals surface area contributed by atoms with Gasteiger partial charge in [0.2, 0.25) is 0 Å². The average Bonchev–Trinajstić information content (AvgIpc) is 2.86. The molecule has 0 radical (unpaired) electrons. The minimum absolute atomic E-state index is 0.110. The highest BCUT2D eigenvalue weighted by Gasteiger charge is 2.18. The molecule has 0 spiro atoms. The largest absolute Gasteiger partial charge is 0.461 e. The lowest BCUT2D eigenvalue weighted by Crippen LogP contribution is -2.06. The summed E-state index contributed by atoms with van der Waals surface area (Å²) in [4.78, 5) is 19.4. The molecule has 0 N–H and O–H groups in total. The van der Waals surface area contributed by atoms with Crippen molar-refractivity contribution in [2.45, 2.75) is 6.92 Å². The Kier molecular flexibility index (Phi) is 3.21. The summed E-state index contributed by atoms with van der Waals surface area (Å²) in [5, 5.41) is 2.69. The predicted molar refractivity (Wildman–Crippen MR) is 60.2 cm³/mol. The van der Waals surface area contributed by atoms with E-state index in [4.69, 9.17) is 16.3 Å². The van der Waals surface area contributed by atoms with Gasteiger partial charge in [-0.3, -0.25) is 4.57 Å². The fraction of sp³-hybridized carbons (Fsp3) is 0.222. The number of ether oxygens (including phenoxy) is 1. The molecule has 0 aliphatic rings. The van der Waals surface area contributed by atoms with E-state index in [1.807, 2.05) is 5.38 Å². The normalized spacial score (nSPS) is 10.4. The Morgan fingerprint density at radius 2 is 2.44 bits per heavy atom. The summed E-state index contributed by atoms with van der Waals surface area (Å²) in [7, 11) is 0. The van der Waals surface area contributed by atoms with Crippen molar-refractivity contribution in [2.75, 3.05) is 6.61 Å². The quantitative estimate of drug-likeness (QED) is 0.791. The van der Waals surface area contributed by atoms with E-state index in [2.05, 4.69) is 9.97 Å². The SMILES string of the molecule is CCOC(=O)c1ncn(-c2nccs2)c1Cl. The average molecular weight is 258 g/mol. The standard InChI is InChI=1S/C9H8ClN3O2S/c1-2-15-8(14)6-7(10)13(5-12-6)9-11-3-4-16-9/h3-5H,2H2,1H3. The van der Waals surface area contributed by atoms with Crippen LogP contribution >= 0.6 is 22.9 Å². The molecule has 84 valence electrons. The maximum atomic E-state index is 11.4. The van der Waals surface area contributed by atoms with Crippen LogP contribution < -0.4 is 0 Å². The van der Waals surface area contributed by atoms with Gasteiger partial charge in [-0.15, -0.1) is 11.3 Å². The van der Waals surface area contributed by atoms with Crippen molar-refractivity contribution in [3.05, 3.63) is 28.8 Å². The zero-order chi connectivity index (χ0) is 11.5. The number of esters is 1. The van der Waals surface area contributed by atoms with Gasteiger partial charge in [0.25, 0.3) is 0 Å². The zero-order valence-electron chi connectivity index (χ0n) is 8.38. The van der Waals surface area contributed by atoms with Gasteiger partial charge in [-0.25, -0.2) is 14.8 Å². The van der Waals surface area contributed by atoms with Crippen LogP contribution in [-0.4, -0.2) is 27.1 Å². The lowest BCUT2D eigenvalue weighted by molar-refractivity contribution is 0.0520. The van der Waals surface area contributed by atoms with Crippen molar-refractivity contribution >= 4 is 28.9 Å². The summed E-state index contributed by atoms with van der Waals surface area (Å²) in [5.74, 6) is -0.525. The van der Waals surface area contributed by atoms with Crippen LogP contribution in [0, 0.1) is 0 Å². The van der Waals surface area contributed by atoms with E-state index in [0.717, 1.165) is 0 Å². The van der Waals surface area contributed by atoms with Crippen molar-refractivity contribution in [1.82, 2.24) is 14.5 Å². The number of hydrogen-bond donors (Lipinski definition) is 0. The molecule has 0 fully saturated rings. The van der Waals surface area contributed by atoms with Gasteiger partial charge in [0.1, 0.15) is 11.5 Å². The van der Waals surface area contributed by atoms with Gasteiger partial charge >= 0.3 is 5.97 Å². The van der Waals surface area contributed by atoms with Gasteiger partial charge in [0.15, 0.2) is 10.8 Å². The molecule has 2 rings (SSSR count). The number of thiazole rings is 1. The van der Waals surface area contributed by atoms with E-state index in [1.165, 1.54) is 17.7 Å². The number of aromatic nitrogens is 3. The second-order valence-corrected chi connectivity index (χ2v) is 4.02. The molecule has 0 saturated carbocycles. The summed E-state index contributed by atoms with van der Waals surface area (Å²) in [5.41, 5.74) is 0.110. The highest BCUT2D eigenvalue weighted by molar-refractivity contribution is 7.12. The molecule has 0 aromatic carbocycles. The Balaban J connectivity index is 2.35. The topological polar surface area (TPSA) is 57.0 Å². The molecule has 0 aliphatic heterocycles. The summed E-state index contributed by atoms with van der Waals surface area (Å²) in [6, 6.07) is 0. The van der Waals surface area contributed by atoms with E-state index in [0.29, 0.717) is 11.7 Å². The number of rotatable bonds is 3. The molecule has 16 heavy (non-hydrogen) atoms. The first-order chi connectivity index (χ1) is 7.74. The Morgan fingerprint density at radius 1 is 1.62 bits per heavy atom. The van der Waals surface area contributed by atoms with Gasteiger partial charge < -0.3 is 4.74 Å². The van der Waals surface area contributed by atoms with Crippen LogP contribution in [0.2, 0.25) is 5.15 Å². The maximum absolute atomic E-state index is 11.4. The molecule has 0 unspecified atom stereocenters. The third-order valence-electron chi connectivity index (χ3n) is 1.80.